The van der Waals surface area contributed by atoms with E-state index >= 15 is 0 Å². The molecule has 0 amide bonds. The molecule has 1 aromatic carbocycles. The van der Waals surface area contributed by atoms with Crippen molar-refractivity contribution in [3.05, 3.63) is 41.7 Å². The fourth-order valence-corrected chi connectivity index (χ4v) is 1.80. The summed E-state index contributed by atoms with van der Waals surface area (Å²) in [7, 11) is 0. The maximum Gasteiger partial charge on any atom is 0.149 e. The minimum Gasteiger partial charge on any atom is -0.383 e. The van der Waals surface area contributed by atoms with Crippen LogP contribution in [0.2, 0.25) is 0 Å². The zero-order valence-corrected chi connectivity index (χ0v) is 10.6. The van der Waals surface area contributed by atoms with Gasteiger partial charge in [-0.15, -0.1) is 0 Å². The van der Waals surface area contributed by atoms with Crippen LogP contribution in [0.3, 0.4) is 0 Å². The molecule has 0 aliphatic rings. The number of halogens is 2. The average Bonchev–Trinajstić information content (AvgIpc) is 2.32. The maximum atomic E-state index is 13.6. The van der Waals surface area contributed by atoms with Gasteiger partial charge in [0, 0.05) is 11.6 Å². The van der Waals surface area contributed by atoms with E-state index in [2.05, 4.69) is 15.3 Å². The van der Waals surface area contributed by atoms with Crippen LogP contribution in [0.4, 0.5) is 26.1 Å². The highest BCUT2D eigenvalue weighted by atomic mass is 19.1. The number of hydrogen-bond acceptors (Lipinski definition) is 4. The molecule has 0 bridgehead atoms. The van der Waals surface area contributed by atoms with E-state index in [1.165, 1.54) is 18.5 Å². The first-order valence-electron chi connectivity index (χ1n) is 5.81. The van der Waals surface area contributed by atoms with Gasteiger partial charge in [-0.05, 0) is 18.1 Å². The summed E-state index contributed by atoms with van der Waals surface area (Å²) in [6.45, 7) is 3.86. The van der Waals surface area contributed by atoms with Crippen LogP contribution in [0.25, 0.3) is 0 Å². The number of aromatic nitrogens is 2. The van der Waals surface area contributed by atoms with Crippen LogP contribution in [0, 0.1) is 11.6 Å². The van der Waals surface area contributed by atoms with Gasteiger partial charge in [0.1, 0.15) is 29.6 Å². The second kappa shape index (κ2) is 5.17. The molecule has 19 heavy (non-hydrogen) atoms. The van der Waals surface area contributed by atoms with Crippen molar-refractivity contribution in [1.82, 2.24) is 9.97 Å². The standard InChI is InChI=1S/C13H14F2N4/c1-7(2)11-12(16)17-6-18-13(11)19-10-4-3-8(14)5-9(10)15/h3-7H,1-2H3,(H3,16,17,18,19). The molecule has 2 rings (SSSR count). The predicted octanol–water partition coefficient (Wildman–Crippen LogP) is 3.20. The van der Waals surface area contributed by atoms with Gasteiger partial charge in [0.25, 0.3) is 0 Å². The van der Waals surface area contributed by atoms with E-state index in [1.807, 2.05) is 13.8 Å². The molecule has 0 aliphatic heterocycles. The minimum absolute atomic E-state index is 0.0761. The molecule has 0 atom stereocenters. The van der Waals surface area contributed by atoms with Crippen molar-refractivity contribution in [2.45, 2.75) is 19.8 Å². The van der Waals surface area contributed by atoms with Gasteiger partial charge in [0.05, 0.1) is 5.69 Å². The van der Waals surface area contributed by atoms with Gasteiger partial charge >= 0.3 is 0 Å². The van der Waals surface area contributed by atoms with E-state index in [0.29, 0.717) is 17.2 Å². The summed E-state index contributed by atoms with van der Waals surface area (Å²) in [5.41, 5.74) is 6.63. The summed E-state index contributed by atoms with van der Waals surface area (Å²) in [6.07, 6.45) is 1.30. The highest BCUT2D eigenvalue weighted by Crippen LogP contribution is 2.29. The van der Waals surface area contributed by atoms with E-state index in [4.69, 9.17) is 5.73 Å². The highest BCUT2D eigenvalue weighted by Gasteiger charge is 2.14. The summed E-state index contributed by atoms with van der Waals surface area (Å²) in [5.74, 6) is -0.475. The molecule has 0 unspecified atom stereocenters. The summed E-state index contributed by atoms with van der Waals surface area (Å²) >= 11 is 0. The second-order valence-electron chi connectivity index (χ2n) is 4.43. The van der Waals surface area contributed by atoms with Gasteiger partial charge in [-0.2, -0.15) is 0 Å². The summed E-state index contributed by atoms with van der Waals surface area (Å²) < 4.78 is 26.4. The van der Waals surface area contributed by atoms with Crippen LogP contribution >= 0.6 is 0 Å². The number of nitrogens with zero attached hydrogens (tertiary/aromatic N) is 2. The van der Waals surface area contributed by atoms with Crippen molar-refractivity contribution in [2.24, 2.45) is 0 Å². The first kappa shape index (κ1) is 13.2. The third-order valence-corrected chi connectivity index (χ3v) is 2.68. The topological polar surface area (TPSA) is 63.8 Å². The monoisotopic (exact) mass is 264 g/mol. The normalized spacial score (nSPS) is 10.8. The smallest absolute Gasteiger partial charge is 0.149 e. The number of nitrogen functional groups attached to an aromatic ring is 1. The van der Waals surface area contributed by atoms with Gasteiger partial charge in [-0.1, -0.05) is 13.8 Å². The largest absolute Gasteiger partial charge is 0.383 e. The van der Waals surface area contributed by atoms with Crippen molar-refractivity contribution >= 4 is 17.3 Å². The van der Waals surface area contributed by atoms with E-state index < -0.39 is 11.6 Å². The fourth-order valence-electron chi connectivity index (χ4n) is 1.80. The van der Waals surface area contributed by atoms with Crippen molar-refractivity contribution in [3.63, 3.8) is 0 Å². The molecule has 0 spiro atoms. The Kier molecular flexibility index (Phi) is 3.59. The third-order valence-electron chi connectivity index (χ3n) is 2.68. The van der Waals surface area contributed by atoms with Gasteiger partial charge in [-0.3, -0.25) is 0 Å². The van der Waals surface area contributed by atoms with Crippen LogP contribution < -0.4 is 11.1 Å². The molecule has 0 radical (unpaired) electrons. The predicted molar refractivity (Wildman–Crippen MR) is 70.2 cm³/mol. The highest BCUT2D eigenvalue weighted by molar-refractivity contribution is 5.65. The molecule has 0 saturated carbocycles. The van der Waals surface area contributed by atoms with Crippen molar-refractivity contribution in [2.75, 3.05) is 11.1 Å². The van der Waals surface area contributed by atoms with Gasteiger partial charge < -0.3 is 11.1 Å². The second-order valence-corrected chi connectivity index (χ2v) is 4.43. The molecule has 4 nitrogen and oxygen atoms in total. The molecule has 0 aliphatic carbocycles. The summed E-state index contributed by atoms with van der Waals surface area (Å²) in [5, 5.41) is 2.82. The number of rotatable bonds is 3. The molecule has 0 saturated heterocycles. The lowest BCUT2D eigenvalue weighted by Crippen LogP contribution is -2.07. The van der Waals surface area contributed by atoms with E-state index in [9.17, 15) is 8.78 Å². The van der Waals surface area contributed by atoms with Crippen LogP contribution in [0.1, 0.15) is 25.3 Å². The zero-order chi connectivity index (χ0) is 14.0. The van der Waals surface area contributed by atoms with Crippen molar-refractivity contribution in [1.29, 1.82) is 0 Å². The molecule has 1 aromatic heterocycles. The van der Waals surface area contributed by atoms with E-state index in [-0.39, 0.29) is 11.6 Å². The number of benzene rings is 1. The summed E-state index contributed by atoms with van der Waals surface area (Å²) in [6, 6.07) is 3.29. The Balaban J connectivity index is 2.41. The Hall–Kier alpha value is -2.24. The van der Waals surface area contributed by atoms with Gasteiger partial charge in [0.2, 0.25) is 0 Å². The number of anilines is 3. The van der Waals surface area contributed by atoms with Gasteiger partial charge in [-0.25, -0.2) is 18.7 Å². The molecular weight excluding hydrogens is 250 g/mol. The third kappa shape index (κ3) is 2.78. The van der Waals surface area contributed by atoms with Crippen molar-refractivity contribution < 1.29 is 8.78 Å². The Bertz CT molecular complexity index is 599. The SMILES string of the molecule is CC(C)c1c(N)ncnc1Nc1ccc(F)cc1F. The maximum absolute atomic E-state index is 13.6. The number of hydrogen-bond donors (Lipinski definition) is 2. The van der Waals surface area contributed by atoms with Crippen LogP contribution in [0.15, 0.2) is 24.5 Å². The Morgan fingerprint density at radius 1 is 1.21 bits per heavy atom. The molecule has 2 aromatic rings. The molecule has 6 heteroatoms. The van der Waals surface area contributed by atoms with Crippen LogP contribution in [-0.4, -0.2) is 9.97 Å². The lowest BCUT2D eigenvalue weighted by Gasteiger charge is -2.15. The first-order chi connectivity index (χ1) is 8.99. The average molecular weight is 264 g/mol. The van der Waals surface area contributed by atoms with E-state index in [0.717, 1.165) is 6.07 Å². The quantitative estimate of drug-likeness (QED) is 0.893. The Labute approximate surface area is 109 Å². The molecule has 0 fully saturated rings. The molecule has 1 heterocycles. The fraction of sp³-hybridized carbons (Fsp3) is 0.231. The minimum atomic E-state index is -0.688. The van der Waals surface area contributed by atoms with Gasteiger partial charge in [0.15, 0.2) is 0 Å². The number of nitrogens with one attached hydrogen (secondary N) is 1. The Morgan fingerprint density at radius 3 is 2.58 bits per heavy atom. The van der Waals surface area contributed by atoms with Crippen LogP contribution in [-0.2, 0) is 0 Å². The summed E-state index contributed by atoms with van der Waals surface area (Å²) in [4.78, 5) is 7.97. The van der Waals surface area contributed by atoms with Crippen molar-refractivity contribution in [3.8, 4) is 0 Å². The molecule has 3 N–H and O–H groups in total. The zero-order valence-electron chi connectivity index (χ0n) is 10.6. The Morgan fingerprint density at radius 2 is 1.95 bits per heavy atom. The number of nitrogens with two attached hydrogens (primary N) is 1. The van der Waals surface area contributed by atoms with E-state index in [1.54, 1.807) is 0 Å². The lowest BCUT2D eigenvalue weighted by molar-refractivity contribution is 0.586. The molecular formula is C13H14F2N4. The van der Waals surface area contributed by atoms with Crippen LogP contribution in [0.5, 0.6) is 0 Å². The molecule has 100 valence electrons. The first-order valence-corrected chi connectivity index (χ1v) is 5.81. The lowest BCUT2D eigenvalue weighted by atomic mass is 10.0.